The number of benzene rings is 1. The number of rotatable bonds is 5. The summed E-state index contributed by atoms with van der Waals surface area (Å²) in [6.45, 7) is 1.36. The van der Waals surface area contributed by atoms with Gasteiger partial charge in [-0.15, -0.1) is 0 Å². The number of amides is 1. The molecule has 1 fully saturated rings. The first kappa shape index (κ1) is 18.3. The largest absolute Gasteiger partial charge is 0.480 e. The highest BCUT2D eigenvalue weighted by molar-refractivity contribution is 5.96. The molecule has 132 valence electrons. The van der Waals surface area contributed by atoms with E-state index < -0.39 is 24.2 Å². The van der Waals surface area contributed by atoms with Crippen LogP contribution in [0.3, 0.4) is 0 Å². The van der Waals surface area contributed by atoms with Gasteiger partial charge < -0.3 is 14.9 Å². The van der Waals surface area contributed by atoms with Crippen LogP contribution in [0.1, 0.15) is 50.5 Å². The summed E-state index contributed by atoms with van der Waals surface area (Å²) in [6.07, 6.45) is 3.45. The molecule has 2 atom stereocenters. The molecule has 1 aliphatic rings. The second-order valence-corrected chi connectivity index (χ2v) is 6.26. The van der Waals surface area contributed by atoms with Gasteiger partial charge in [0.2, 0.25) is 0 Å². The molecule has 0 aliphatic heterocycles. The van der Waals surface area contributed by atoms with Crippen LogP contribution in [0.4, 0.5) is 10.5 Å². The van der Waals surface area contributed by atoms with Crippen LogP contribution in [0.25, 0.3) is 0 Å². The first-order chi connectivity index (χ1) is 11.5. The number of carbonyl (C=O) groups is 2. The number of ether oxygens (including phenoxy) is 1. The Labute approximate surface area is 142 Å². The molecular weight excluding hydrogens is 310 g/mol. The Morgan fingerprint density at radius 2 is 1.83 bits per heavy atom. The number of para-hydroxylation sites is 1. The van der Waals surface area contributed by atoms with Gasteiger partial charge in [0.25, 0.3) is 0 Å². The lowest BCUT2D eigenvalue weighted by Gasteiger charge is -2.33. The van der Waals surface area contributed by atoms with Crippen LogP contribution in [-0.4, -0.2) is 41.5 Å². The van der Waals surface area contributed by atoms with Crippen LogP contribution in [0.2, 0.25) is 0 Å². The molecule has 0 unspecified atom stereocenters. The van der Waals surface area contributed by atoms with Crippen LogP contribution in [0, 0.1) is 0 Å². The highest BCUT2D eigenvalue weighted by Crippen LogP contribution is 2.38. The minimum Gasteiger partial charge on any atom is -0.480 e. The van der Waals surface area contributed by atoms with Gasteiger partial charge in [-0.1, -0.05) is 37.5 Å². The number of aliphatic carboxylic acids is 1. The van der Waals surface area contributed by atoms with Crippen LogP contribution in [0.5, 0.6) is 0 Å². The minimum atomic E-state index is -1.40. The Morgan fingerprint density at radius 3 is 2.38 bits per heavy atom. The predicted octanol–water partition coefficient (Wildman–Crippen LogP) is 3.14. The summed E-state index contributed by atoms with van der Waals surface area (Å²) in [5, 5.41) is 19.4. The highest BCUT2D eigenvalue weighted by atomic mass is 16.5. The monoisotopic (exact) mass is 335 g/mol. The van der Waals surface area contributed by atoms with Crippen molar-refractivity contribution >= 4 is 17.7 Å². The van der Waals surface area contributed by atoms with Crippen molar-refractivity contribution in [1.82, 2.24) is 0 Å². The lowest BCUT2D eigenvalue weighted by Crippen LogP contribution is -2.51. The second kappa shape index (κ2) is 8.15. The molecule has 6 heteroatoms. The summed E-state index contributed by atoms with van der Waals surface area (Å²) < 4.78 is 4.80. The van der Waals surface area contributed by atoms with E-state index in [1.165, 1.54) is 20.5 Å². The molecule has 1 aromatic rings. The van der Waals surface area contributed by atoms with Gasteiger partial charge in [0.1, 0.15) is 0 Å². The molecule has 0 bridgehead atoms. The molecular formula is C18H25NO5. The van der Waals surface area contributed by atoms with Crippen molar-refractivity contribution in [2.45, 2.75) is 57.1 Å². The number of carboxylic acid groups (broad SMARTS) is 1. The zero-order valence-corrected chi connectivity index (χ0v) is 14.1. The van der Waals surface area contributed by atoms with Crippen molar-refractivity contribution < 1.29 is 24.5 Å². The molecule has 0 saturated heterocycles. The number of hydrogen-bond donors (Lipinski definition) is 2. The lowest BCUT2D eigenvalue weighted by atomic mass is 9.83. The number of nitrogens with zero attached hydrogens (tertiary/aromatic N) is 1. The first-order valence-corrected chi connectivity index (χ1v) is 8.34. The van der Waals surface area contributed by atoms with Crippen molar-refractivity contribution in [1.29, 1.82) is 0 Å². The zero-order chi connectivity index (χ0) is 17.7. The number of methoxy groups -OCH3 is 1. The summed E-state index contributed by atoms with van der Waals surface area (Å²) in [6, 6.07) is 5.91. The number of carbonyl (C=O) groups excluding carboxylic acids is 1. The zero-order valence-electron chi connectivity index (χ0n) is 14.1. The molecule has 0 heterocycles. The summed E-state index contributed by atoms with van der Waals surface area (Å²) in [5.41, 5.74) is 1.44. The molecule has 1 aromatic carbocycles. The molecule has 1 saturated carbocycles. The predicted molar refractivity (Wildman–Crippen MR) is 90.3 cm³/mol. The smallest absolute Gasteiger partial charge is 0.414 e. The van der Waals surface area contributed by atoms with Crippen LogP contribution in [-0.2, 0) is 9.53 Å². The highest BCUT2D eigenvalue weighted by Gasteiger charge is 2.37. The summed E-state index contributed by atoms with van der Waals surface area (Å²) in [7, 11) is 1.21. The molecule has 24 heavy (non-hydrogen) atoms. The SMILES string of the molecule is COC(=O)N(c1ccccc1C1CCCCC1)[C@@H](C(=O)O)[C@H](C)O. The fourth-order valence-electron chi connectivity index (χ4n) is 3.46. The van der Waals surface area contributed by atoms with Crippen LogP contribution in [0.15, 0.2) is 24.3 Å². The fourth-order valence-corrected chi connectivity index (χ4v) is 3.46. The number of anilines is 1. The molecule has 2 rings (SSSR count). The van der Waals surface area contributed by atoms with Crippen molar-refractivity contribution in [2.75, 3.05) is 12.0 Å². The molecule has 0 radical (unpaired) electrons. The number of carboxylic acids is 1. The maximum Gasteiger partial charge on any atom is 0.414 e. The third kappa shape index (κ3) is 3.87. The van der Waals surface area contributed by atoms with Gasteiger partial charge in [-0.3, -0.25) is 4.90 Å². The number of aliphatic hydroxyl groups excluding tert-OH is 1. The average molecular weight is 335 g/mol. The maximum absolute atomic E-state index is 12.3. The van der Waals surface area contributed by atoms with Gasteiger partial charge >= 0.3 is 12.1 Å². The van der Waals surface area contributed by atoms with E-state index >= 15 is 0 Å². The molecule has 0 aromatic heterocycles. The molecule has 6 nitrogen and oxygen atoms in total. The van der Waals surface area contributed by atoms with E-state index in [0.29, 0.717) is 5.69 Å². The van der Waals surface area contributed by atoms with E-state index in [1.807, 2.05) is 12.1 Å². The van der Waals surface area contributed by atoms with Gasteiger partial charge in [0, 0.05) is 0 Å². The molecule has 1 aliphatic carbocycles. The minimum absolute atomic E-state index is 0.283. The summed E-state index contributed by atoms with van der Waals surface area (Å²) in [5.74, 6) is -0.987. The van der Waals surface area contributed by atoms with Gasteiger partial charge in [-0.2, -0.15) is 0 Å². The quantitative estimate of drug-likeness (QED) is 0.863. The van der Waals surface area contributed by atoms with Crippen LogP contribution < -0.4 is 4.90 Å². The Hall–Kier alpha value is -2.08. The van der Waals surface area contributed by atoms with E-state index in [1.54, 1.807) is 12.1 Å². The number of hydrogen-bond acceptors (Lipinski definition) is 4. The first-order valence-electron chi connectivity index (χ1n) is 8.34. The topological polar surface area (TPSA) is 87.1 Å². The van der Waals surface area contributed by atoms with E-state index in [9.17, 15) is 19.8 Å². The van der Waals surface area contributed by atoms with E-state index in [2.05, 4.69) is 0 Å². The van der Waals surface area contributed by atoms with Gasteiger partial charge in [0.15, 0.2) is 6.04 Å². The summed E-state index contributed by atoms with van der Waals surface area (Å²) in [4.78, 5) is 25.0. The van der Waals surface area contributed by atoms with Crippen molar-refractivity contribution in [2.24, 2.45) is 0 Å². The Bertz CT molecular complexity index is 581. The van der Waals surface area contributed by atoms with Crippen molar-refractivity contribution in [3.05, 3.63) is 29.8 Å². The third-order valence-corrected chi connectivity index (χ3v) is 4.60. The molecule has 0 spiro atoms. The average Bonchev–Trinajstić information content (AvgIpc) is 2.59. The Morgan fingerprint density at radius 1 is 1.21 bits per heavy atom. The van der Waals surface area contributed by atoms with Gasteiger partial charge in [-0.25, -0.2) is 9.59 Å². The van der Waals surface area contributed by atoms with E-state index in [-0.39, 0.29) is 5.92 Å². The molecule has 2 N–H and O–H groups in total. The normalized spacial score (nSPS) is 17.8. The Balaban J connectivity index is 2.50. The lowest BCUT2D eigenvalue weighted by molar-refractivity contribution is -0.140. The number of aliphatic hydroxyl groups is 1. The van der Waals surface area contributed by atoms with E-state index in [4.69, 9.17) is 4.74 Å². The Kier molecular flexibility index (Phi) is 6.20. The standard InChI is InChI=1S/C18H25NO5/c1-12(20)16(17(21)22)19(18(23)24-2)15-11-7-6-10-14(15)13-8-4-3-5-9-13/h6-7,10-13,16,20H,3-5,8-9H2,1-2H3,(H,21,22)/t12-,16+/m0/s1. The van der Waals surface area contributed by atoms with Crippen LogP contribution >= 0.6 is 0 Å². The van der Waals surface area contributed by atoms with E-state index in [0.717, 1.165) is 36.1 Å². The molecule has 1 amide bonds. The van der Waals surface area contributed by atoms with Gasteiger partial charge in [-0.05, 0) is 37.3 Å². The van der Waals surface area contributed by atoms with Crippen molar-refractivity contribution in [3.63, 3.8) is 0 Å². The fraction of sp³-hybridized carbons (Fsp3) is 0.556. The van der Waals surface area contributed by atoms with Gasteiger partial charge in [0.05, 0.1) is 18.9 Å². The van der Waals surface area contributed by atoms with Crippen molar-refractivity contribution in [3.8, 4) is 0 Å². The third-order valence-electron chi connectivity index (χ3n) is 4.60. The second-order valence-electron chi connectivity index (χ2n) is 6.26. The maximum atomic E-state index is 12.3. The summed E-state index contributed by atoms with van der Waals surface area (Å²) >= 11 is 0.